The van der Waals surface area contributed by atoms with Gasteiger partial charge in [-0.3, -0.25) is 0 Å². The molecule has 1 rings (SSSR count). The highest BCUT2D eigenvalue weighted by atomic mass is 79.9. The molecule has 0 atom stereocenters. The number of hydrogen-bond donors (Lipinski definition) is 1. The van der Waals surface area contributed by atoms with Gasteiger partial charge in [0.2, 0.25) is 10.0 Å². The van der Waals surface area contributed by atoms with Gasteiger partial charge in [-0.15, -0.1) is 0 Å². The molecule has 0 saturated heterocycles. The van der Waals surface area contributed by atoms with Gasteiger partial charge in [-0.25, -0.2) is 8.42 Å². The zero-order valence-corrected chi connectivity index (χ0v) is 15.6. The van der Waals surface area contributed by atoms with E-state index in [4.69, 9.17) is 5.73 Å². The molecule has 2 N–H and O–H groups in total. The first kappa shape index (κ1) is 18.5. The fraction of sp³-hybridized carbons (Fsp3) is 0.600. The molecule has 0 radical (unpaired) electrons. The average molecular weight is 377 g/mol. The second kappa shape index (κ2) is 7.61. The minimum Gasteiger partial charge on any atom is -0.398 e. The maximum absolute atomic E-state index is 12.9. The third-order valence-electron chi connectivity index (χ3n) is 3.95. The van der Waals surface area contributed by atoms with Gasteiger partial charge in [0.25, 0.3) is 0 Å². The molecule has 0 saturated carbocycles. The number of nitrogens with zero attached hydrogens (tertiary/aromatic N) is 1. The van der Waals surface area contributed by atoms with E-state index >= 15 is 0 Å². The molecular weight excluding hydrogens is 352 g/mol. The van der Waals surface area contributed by atoms with Crippen molar-refractivity contribution in [2.45, 2.75) is 45.4 Å². The summed E-state index contributed by atoms with van der Waals surface area (Å²) in [6, 6.07) is 3.36. The fourth-order valence-corrected chi connectivity index (χ4v) is 4.75. The maximum atomic E-state index is 12.9. The Kier molecular flexibility index (Phi) is 6.69. The summed E-state index contributed by atoms with van der Waals surface area (Å²) in [5.41, 5.74) is 7.00. The fourth-order valence-electron chi connectivity index (χ4n) is 2.31. The van der Waals surface area contributed by atoms with E-state index in [-0.39, 0.29) is 0 Å². The summed E-state index contributed by atoms with van der Waals surface area (Å²) in [7, 11) is -3.52. The Labute approximate surface area is 136 Å². The van der Waals surface area contributed by atoms with Gasteiger partial charge in [0.15, 0.2) is 0 Å². The summed E-state index contributed by atoms with van der Waals surface area (Å²) in [5, 5.41) is 0. The Morgan fingerprint density at radius 1 is 1.24 bits per heavy atom. The lowest BCUT2D eigenvalue weighted by atomic mass is 10.0. The highest BCUT2D eigenvalue weighted by Crippen LogP contribution is 2.29. The van der Waals surface area contributed by atoms with Crippen molar-refractivity contribution < 1.29 is 8.42 Å². The van der Waals surface area contributed by atoms with Gasteiger partial charge in [-0.05, 0) is 30.5 Å². The van der Waals surface area contributed by atoms with Gasteiger partial charge < -0.3 is 5.73 Å². The number of benzene rings is 1. The van der Waals surface area contributed by atoms with Crippen LogP contribution in [0.15, 0.2) is 21.5 Å². The Hall–Kier alpha value is -0.590. The SMILES string of the molecule is CCC(CC)CN(CC)S(=O)(=O)c1cc(Br)cc(N)c1C. The first-order chi connectivity index (χ1) is 9.77. The summed E-state index contributed by atoms with van der Waals surface area (Å²) in [6.45, 7) is 8.83. The molecule has 0 bridgehead atoms. The summed E-state index contributed by atoms with van der Waals surface area (Å²) in [6.07, 6.45) is 1.95. The molecule has 1 aromatic carbocycles. The molecule has 0 fully saturated rings. The van der Waals surface area contributed by atoms with Gasteiger partial charge in [0, 0.05) is 23.2 Å². The smallest absolute Gasteiger partial charge is 0.243 e. The normalized spacial score (nSPS) is 12.3. The first-order valence-electron chi connectivity index (χ1n) is 7.33. The number of sulfonamides is 1. The molecule has 120 valence electrons. The van der Waals surface area contributed by atoms with Gasteiger partial charge in [-0.2, -0.15) is 4.31 Å². The Morgan fingerprint density at radius 3 is 2.29 bits per heavy atom. The largest absolute Gasteiger partial charge is 0.398 e. The molecule has 0 aliphatic rings. The van der Waals surface area contributed by atoms with E-state index in [0.717, 1.165) is 12.8 Å². The van der Waals surface area contributed by atoms with Gasteiger partial charge in [0.1, 0.15) is 0 Å². The summed E-state index contributed by atoms with van der Waals surface area (Å²) >= 11 is 3.33. The van der Waals surface area contributed by atoms with E-state index in [9.17, 15) is 8.42 Å². The van der Waals surface area contributed by atoms with Crippen LogP contribution in [0.25, 0.3) is 0 Å². The van der Waals surface area contributed by atoms with E-state index in [2.05, 4.69) is 29.8 Å². The van der Waals surface area contributed by atoms with Crippen molar-refractivity contribution in [2.24, 2.45) is 5.92 Å². The van der Waals surface area contributed by atoms with Crippen LogP contribution in [0.2, 0.25) is 0 Å². The lowest BCUT2D eigenvalue weighted by Crippen LogP contribution is -2.35. The second-order valence-electron chi connectivity index (χ2n) is 5.26. The number of rotatable bonds is 7. The van der Waals surface area contributed by atoms with Crippen LogP contribution in [0.3, 0.4) is 0 Å². The molecule has 1 aromatic rings. The van der Waals surface area contributed by atoms with Crippen molar-refractivity contribution in [3.05, 3.63) is 22.2 Å². The molecule has 21 heavy (non-hydrogen) atoms. The van der Waals surface area contributed by atoms with Crippen LogP contribution in [0.4, 0.5) is 5.69 Å². The third-order valence-corrected chi connectivity index (χ3v) is 6.48. The average Bonchev–Trinajstić information content (AvgIpc) is 2.43. The van der Waals surface area contributed by atoms with Crippen molar-refractivity contribution in [3.8, 4) is 0 Å². The summed E-state index contributed by atoms with van der Waals surface area (Å²) < 4.78 is 28.0. The lowest BCUT2D eigenvalue weighted by molar-refractivity contribution is 0.339. The molecule has 0 aliphatic carbocycles. The highest BCUT2D eigenvalue weighted by molar-refractivity contribution is 9.10. The number of anilines is 1. The topological polar surface area (TPSA) is 63.4 Å². The third kappa shape index (κ3) is 4.20. The monoisotopic (exact) mass is 376 g/mol. The number of nitrogens with two attached hydrogens (primary N) is 1. The van der Waals surface area contributed by atoms with E-state index in [1.54, 1.807) is 23.4 Å². The van der Waals surface area contributed by atoms with Crippen LogP contribution < -0.4 is 5.73 Å². The van der Waals surface area contributed by atoms with Crippen molar-refractivity contribution >= 4 is 31.6 Å². The molecule has 0 aliphatic heterocycles. The van der Waals surface area contributed by atoms with Crippen molar-refractivity contribution in [1.82, 2.24) is 4.31 Å². The molecule has 0 aromatic heterocycles. The quantitative estimate of drug-likeness (QED) is 0.736. The van der Waals surface area contributed by atoms with Crippen LogP contribution in [0, 0.1) is 12.8 Å². The zero-order valence-electron chi connectivity index (χ0n) is 13.2. The molecule has 4 nitrogen and oxygen atoms in total. The van der Waals surface area contributed by atoms with Crippen molar-refractivity contribution in [2.75, 3.05) is 18.8 Å². The Balaban J connectivity index is 3.25. The van der Waals surface area contributed by atoms with Gasteiger partial charge in [0.05, 0.1) is 4.90 Å². The van der Waals surface area contributed by atoms with Crippen LogP contribution in [0.1, 0.15) is 39.2 Å². The van der Waals surface area contributed by atoms with Crippen molar-refractivity contribution in [3.63, 3.8) is 0 Å². The molecular formula is C15H25BrN2O2S. The van der Waals surface area contributed by atoms with Crippen LogP contribution in [-0.2, 0) is 10.0 Å². The number of nitrogen functional groups attached to an aromatic ring is 1. The maximum Gasteiger partial charge on any atom is 0.243 e. The number of halogens is 1. The Bertz CT molecular complexity index is 584. The summed E-state index contributed by atoms with van der Waals surface area (Å²) in [4.78, 5) is 0.294. The lowest BCUT2D eigenvalue weighted by Gasteiger charge is -2.26. The van der Waals surface area contributed by atoms with E-state index < -0.39 is 10.0 Å². The predicted molar refractivity (Wildman–Crippen MR) is 91.8 cm³/mol. The van der Waals surface area contributed by atoms with Crippen LogP contribution >= 0.6 is 15.9 Å². The zero-order chi connectivity index (χ0) is 16.2. The summed E-state index contributed by atoms with van der Waals surface area (Å²) in [5.74, 6) is 0.379. The molecule has 0 heterocycles. The molecule has 0 spiro atoms. The minimum absolute atomic E-state index is 0.294. The van der Waals surface area contributed by atoms with Crippen molar-refractivity contribution in [1.29, 1.82) is 0 Å². The van der Waals surface area contributed by atoms with E-state index in [0.29, 0.717) is 39.6 Å². The minimum atomic E-state index is -3.52. The Morgan fingerprint density at radius 2 is 1.81 bits per heavy atom. The highest BCUT2D eigenvalue weighted by Gasteiger charge is 2.27. The van der Waals surface area contributed by atoms with Crippen LogP contribution in [0.5, 0.6) is 0 Å². The van der Waals surface area contributed by atoms with Gasteiger partial charge in [-0.1, -0.05) is 49.5 Å². The molecule has 0 amide bonds. The van der Waals surface area contributed by atoms with Crippen LogP contribution in [-0.4, -0.2) is 25.8 Å². The number of hydrogen-bond acceptors (Lipinski definition) is 3. The first-order valence-corrected chi connectivity index (χ1v) is 9.56. The molecule has 0 unspecified atom stereocenters. The van der Waals surface area contributed by atoms with Gasteiger partial charge >= 0.3 is 0 Å². The van der Waals surface area contributed by atoms with E-state index in [1.807, 2.05) is 6.92 Å². The van der Waals surface area contributed by atoms with E-state index in [1.165, 1.54) is 0 Å². The molecule has 6 heteroatoms. The standard InChI is InChI=1S/C15H25BrN2O2S/c1-5-12(6-2)10-18(7-3)21(19,20)15-9-13(16)8-14(17)11(15)4/h8-9,12H,5-7,10,17H2,1-4H3. The second-order valence-corrected chi connectivity index (χ2v) is 8.08. The predicted octanol–water partition coefficient (Wildman–Crippen LogP) is 3.79.